The van der Waals surface area contributed by atoms with Crippen LogP contribution in [0, 0.1) is 0 Å². The molecule has 2 aliphatic rings. The Balaban J connectivity index is 1.49. The average Bonchev–Trinajstić information content (AvgIpc) is 2.78. The van der Waals surface area contributed by atoms with Crippen molar-refractivity contribution in [2.45, 2.75) is 76.3 Å². The van der Waals surface area contributed by atoms with Crippen molar-refractivity contribution >= 4 is 22.8 Å². The van der Waals surface area contributed by atoms with E-state index in [4.69, 9.17) is 4.74 Å². The fourth-order valence-electron chi connectivity index (χ4n) is 5.08. The van der Waals surface area contributed by atoms with Crippen molar-refractivity contribution in [3.63, 3.8) is 0 Å². The van der Waals surface area contributed by atoms with Gasteiger partial charge in [0.2, 0.25) is 5.56 Å². The second-order valence-corrected chi connectivity index (χ2v) is 8.55. The van der Waals surface area contributed by atoms with Gasteiger partial charge in [0.1, 0.15) is 0 Å². The summed E-state index contributed by atoms with van der Waals surface area (Å²) in [4.78, 5) is 42.6. The monoisotopic (exact) mass is 410 g/mol. The largest absolute Gasteiger partial charge is 0.452 e. The van der Waals surface area contributed by atoms with Crippen LogP contribution in [-0.4, -0.2) is 40.5 Å². The molecule has 2 fully saturated rings. The van der Waals surface area contributed by atoms with E-state index in [1.54, 1.807) is 24.3 Å². The minimum absolute atomic E-state index is 0.101. The van der Waals surface area contributed by atoms with Crippen LogP contribution in [0.4, 0.5) is 0 Å². The van der Waals surface area contributed by atoms with Crippen molar-refractivity contribution in [2.24, 2.45) is 0 Å². The first-order valence-electron chi connectivity index (χ1n) is 11.2. The number of hydrogen-bond acceptors (Lipinski definition) is 4. The Morgan fingerprint density at radius 1 is 0.933 bits per heavy atom. The SMILES string of the molecule is O=C(OCC(=O)N(C1CCCCC1)C1CCCCC1)c1cc(=O)[nH]c2ccccc12. The summed E-state index contributed by atoms with van der Waals surface area (Å²) in [6.07, 6.45) is 11.2. The van der Waals surface area contributed by atoms with Crippen molar-refractivity contribution in [3.05, 3.63) is 46.2 Å². The molecule has 0 bridgehead atoms. The number of hydrogen-bond donors (Lipinski definition) is 1. The minimum atomic E-state index is -0.627. The number of rotatable bonds is 5. The summed E-state index contributed by atoms with van der Waals surface area (Å²) in [7, 11) is 0. The van der Waals surface area contributed by atoms with Crippen molar-refractivity contribution in [1.82, 2.24) is 9.88 Å². The van der Waals surface area contributed by atoms with E-state index in [2.05, 4.69) is 4.98 Å². The maximum absolute atomic E-state index is 13.2. The Morgan fingerprint density at radius 3 is 2.17 bits per heavy atom. The Morgan fingerprint density at radius 2 is 1.53 bits per heavy atom. The number of fused-ring (bicyclic) bond motifs is 1. The second-order valence-electron chi connectivity index (χ2n) is 8.55. The van der Waals surface area contributed by atoms with Gasteiger partial charge >= 0.3 is 5.97 Å². The van der Waals surface area contributed by atoms with Gasteiger partial charge in [0.05, 0.1) is 5.56 Å². The molecule has 0 spiro atoms. The molecule has 2 aliphatic carbocycles. The van der Waals surface area contributed by atoms with E-state index in [1.807, 2.05) is 4.90 Å². The van der Waals surface area contributed by atoms with Crippen LogP contribution in [0.25, 0.3) is 10.9 Å². The quantitative estimate of drug-likeness (QED) is 0.750. The van der Waals surface area contributed by atoms with Gasteiger partial charge in [-0.25, -0.2) is 4.79 Å². The number of H-pyrrole nitrogens is 1. The molecule has 6 heteroatoms. The summed E-state index contributed by atoms with van der Waals surface area (Å²) >= 11 is 0. The predicted octanol–water partition coefficient (Wildman–Crippen LogP) is 4.18. The lowest BCUT2D eigenvalue weighted by Gasteiger charge is -2.41. The molecule has 6 nitrogen and oxygen atoms in total. The molecular formula is C24H30N2O4. The van der Waals surface area contributed by atoms with Crippen molar-refractivity contribution in [3.8, 4) is 0 Å². The van der Waals surface area contributed by atoms with Crippen LogP contribution < -0.4 is 5.56 Å². The van der Waals surface area contributed by atoms with Crippen LogP contribution in [0.15, 0.2) is 35.1 Å². The molecule has 0 atom stereocenters. The molecule has 4 rings (SSSR count). The second kappa shape index (κ2) is 9.45. The molecule has 0 aliphatic heterocycles. The van der Waals surface area contributed by atoms with Crippen LogP contribution >= 0.6 is 0 Å². The van der Waals surface area contributed by atoms with E-state index < -0.39 is 5.97 Å². The van der Waals surface area contributed by atoms with Gasteiger partial charge in [-0.1, -0.05) is 56.7 Å². The summed E-state index contributed by atoms with van der Waals surface area (Å²) in [5.41, 5.74) is 0.413. The zero-order valence-electron chi connectivity index (χ0n) is 17.4. The van der Waals surface area contributed by atoms with Gasteiger partial charge in [-0.3, -0.25) is 9.59 Å². The summed E-state index contributed by atoms with van der Waals surface area (Å²) in [6, 6.07) is 8.86. The van der Waals surface area contributed by atoms with E-state index in [9.17, 15) is 14.4 Å². The van der Waals surface area contributed by atoms with Gasteiger partial charge in [0.15, 0.2) is 6.61 Å². The van der Waals surface area contributed by atoms with Crippen molar-refractivity contribution in [2.75, 3.05) is 6.61 Å². The molecule has 160 valence electrons. The van der Waals surface area contributed by atoms with Gasteiger partial charge in [0, 0.05) is 29.1 Å². The lowest BCUT2D eigenvalue weighted by molar-refractivity contribution is -0.141. The van der Waals surface area contributed by atoms with E-state index in [0.717, 1.165) is 51.4 Å². The molecule has 0 unspecified atom stereocenters. The number of aromatic amines is 1. The molecule has 30 heavy (non-hydrogen) atoms. The molecule has 1 amide bonds. The predicted molar refractivity (Wildman–Crippen MR) is 115 cm³/mol. The highest BCUT2D eigenvalue weighted by atomic mass is 16.5. The first-order valence-corrected chi connectivity index (χ1v) is 11.2. The smallest absolute Gasteiger partial charge is 0.339 e. The summed E-state index contributed by atoms with van der Waals surface area (Å²) < 4.78 is 5.43. The van der Waals surface area contributed by atoms with Crippen LogP contribution in [0.5, 0.6) is 0 Å². The molecule has 2 aromatic rings. The van der Waals surface area contributed by atoms with Gasteiger partial charge in [-0.2, -0.15) is 0 Å². The molecule has 2 saturated carbocycles. The van der Waals surface area contributed by atoms with Crippen LogP contribution in [0.2, 0.25) is 0 Å². The number of amides is 1. The van der Waals surface area contributed by atoms with Crippen molar-refractivity contribution < 1.29 is 14.3 Å². The number of carbonyl (C=O) groups is 2. The fourth-order valence-corrected chi connectivity index (χ4v) is 5.08. The van der Waals surface area contributed by atoms with Crippen LogP contribution in [0.3, 0.4) is 0 Å². The number of esters is 1. The molecular weight excluding hydrogens is 380 g/mol. The highest BCUT2D eigenvalue weighted by Gasteiger charge is 2.33. The van der Waals surface area contributed by atoms with Crippen LogP contribution in [-0.2, 0) is 9.53 Å². The molecule has 0 saturated heterocycles. The molecule has 1 aromatic heterocycles. The fraction of sp³-hybridized carbons (Fsp3) is 0.542. The summed E-state index contributed by atoms with van der Waals surface area (Å²) in [6.45, 7) is -0.271. The number of ether oxygens (including phenoxy) is 1. The maximum atomic E-state index is 13.2. The average molecular weight is 411 g/mol. The van der Waals surface area contributed by atoms with Gasteiger partial charge < -0.3 is 14.6 Å². The van der Waals surface area contributed by atoms with Gasteiger partial charge in [0.25, 0.3) is 5.91 Å². The highest BCUT2D eigenvalue weighted by molar-refractivity contribution is 6.03. The number of nitrogens with one attached hydrogen (secondary N) is 1. The third kappa shape index (κ3) is 4.58. The Labute approximate surface area is 176 Å². The topological polar surface area (TPSA) is 79.5 Å². The minimum Gasteiger partial charge on any atom is -0.452 e. The summed E-state index contributed by atoms with van der Waals surface area (Å²) in [5, 5.41) is 0.617. The third-order valence-corrected chi connectivity index (χ3v) is 6.52. The van der Waals surface area contributed by atoms with E-state index >= 15 is 0 Å². The lowest BCUT2D eigenvalue weighted by atomic mass is 9.88. The van der Waals surface area contributed by atoms with Gasteiger partial charge in [-0.05, 0) is 31.7 Å². The first kappa shape index (κ1) is 20.6. The number of aromatic nitrogens is 1. The Kier molecular flexibility index (Phi) is 6.50. The first-order chi connectivity index (χ1) is 14.6. The Hall–Kier alpha value is -2.63. The van der Waals surface area contributed by atoms with Gasteiger partial charge in [-0.15, -0.1) is 0 Å². The van der Waals surface area contributed by atoms with Crippen LogP contribution in [0.1, 0.15) is 74.6 Å². The maximum Gasteiger partial charge on any atom is 0.339 e. The number of pyridine rings is 1. The molecule has 1 N–H and O–H groups in total. The van der Waals surface area contributed by atoms with E-state index in [1.165, 1.54) is 18.9 Å². The van der Waals surface area contributed by atoms with Crippen molar-refractivity contribution in [1.29, 1.82) is 0 Å². The number of carbonyl (C=O) groups excluding carboxylic acids is 2. The zero-order valence-corrected chi connectivity index (χ0v) is 17.4. The zero-order chi connectivity index (χ0) is 20.9. The summed E-state index contributed by atoms with van der Waals surface area (Å²) in [5.74, 6) is -0.728. The highest BCUT2D eigenvalue weighted by Crippen LogP contribution is 2.30. The normalized spacial score (nSPS) is 18.3. The Bertz CT molecular complexity index is 937. The standard InChI is InChI=1S/C24H30N2O4/c27-22-15-20(19-13-7-8-14-21(19)25-22)24(29)30-16-23(28)26(17-9-3-1-4-10-17)18-11-5-2-6-12-18/h7-8,13-15,17-18H,1-6,9-12,16H2,(H,25,27). The number of para-hydroxylation sites is 1. The van der Waals surface area contributed by atoms with E-state index in [-0.39, 0.29) is 35.7 Å². The molecule has 0 radical (unpaired) electrons. The number of nitrogens with zero attached hydrogens (tertiary/aromatic N) is 1. The molecule has 1 heterocycles. The molecule has 1 aromatic carbocycles. The van der Waals surface area contributed by atoms with E-state index in [0.29, 0.717) is 10.9 Å². The lowest BCUT2D eigenvalue weighted by Crippen LogP contribution is -2.50. The third-order valence-electron chi connectivity index (χ3n) is 6.52. The number of benzene rings is 1.